The molecule has 0 aliphatic rings. The van der Waals surface area contributed by atoms with Crippen LogP contribution < -0.4 is 10.1 Å². The molecule has 0 saturated carbocycles. The Bertz CT molecular complexity index is 328. The number of halogens is 1. The molecule has 1 N–H and O–H groups in total. The molecule has 0 aromatic heterocycles. The first kappa shape index (κ1) is 13.0. The van der Waals surface area contributed by atoms with Gasteiger partial charge in [0.25, 0.3) is 0 Å². The zero-order chi connectivity index (χ0) is 12.0. The van der Waals surface area contributed by atoms with Crippen molar-refractivity contribution in [3.05, 3.63) is 29.6 Å². The Hall–Kier alpha value is -1.09. The van der Waals surface area contributed by atoms with Gasteiger partial charge in [0.05, 0.1) is 6.10 Å². The Labute approximate surface area is 96.8 Å². The SMILES string of the molecule is CCNCc1ccc(OC(C)CC)c(F)c1. The van der Waals surface area contributed by atoms with E-state index in [0.717, 1.165) is 18.5 Å². The van der Waals surface area contributed by atoms with Gasteiger partial charge in [0, 0.05) is 6.54 Å². The third kappa shape index (κ3) is 3.81. The van der Waals surface area contributed by atoms with Crippen LogP contribution in [0.15, 0.2) is 18.2 Å². The van der Waals surface area contributed by atoms with Crippen LogP contribution in [-0.2, 0) is 6.54 Å². The Morgan fingerprint density at radius 3 is 2.69 bits per heavy atom. The quantitative estimate of drug-likeness (QED) is 0.803. The molecule has 0 amide bonds. The highest BCUT2D eigenvalue weighted by Gasteiger charge is 2.07. The third-order valence-electron chi connectivity index (χ3n) is 2.48. The summed E-state index contributed by atoms with van der Waals surface area (Å²) in [5, 5.41) is 3.16. The van der Waals surface area contributed by atoms with Gasteiger partial charge in [0.2, 0.25) is 0 Å². The van der Waals surface area contributed by atoms with Crippen molar-refractivity contribution in [1.82, 2.24) is 5.32 Å². The molecule has 0 spiro atoms. The van der Waals surface area contributed by atoms with Crippen LogP contribution >= 0.6 is 0 Å². The average molecular weight is 225 g/mol. The van der Waals surface area contributed by atoms with Crippen LogP contribution in [0.3, 0.4) is 0 Å². The van der Waals surface area contributed by atoms with Crippen molar-refractivity contribution >= 4 is 0 Å². The lowest BCUT2D eigenvalue weighted by molar-refractivity contribution is 0.207. The van der Waals surface area contributed by atoms with E-state index in [1.165, 1.54) is 6.07 Å². The van der Waals surface area contributed by atoms with Gasteiger partial charge in [0.1, 0.15) is 0 Å². The summed E-state index contributed by atoms with van der Waals surface area (Å²) in [6, 6.07) is 5.12. The van der Waals surface area contributed by atoms with Gasteiger partial charge in [-0.3, -0.25) is 0 Å². The van der Waals surface area contributed by atoms with E-state index in [9.17, 15) is 4.39 Å². The van der Waals surface area contributed by atoms with Crippen LogP contribution in [-0.4, -0.2) is 12.6 Å². The van der Waals surface area contributed by atoms with Crippen molar-refractivity contribution in [1.29, 1.82) is 0 Å². The number of rotatable bonds is 6. The van der Waals surface area contributed by atoms with Gasteiger partial charge in [-0.1, -0.05) is 19.9 Å². The van der Waals surface area contributed by atoms with Crippen molar-refractivity contribution in [2.24, 2.45) is 0 Å². The molecular weight excluding hydrogens is 205 g/mol. The summed E-state index contributed by atoms with van der Waals surface area (Å²) in [6.45, 7) is 7.55. The van der Waals surface area contributed by atoms with E-state index in [1.807, 2.05) is 26.8 Å². The fourth-order valence-corrected chi connectivity index (χ4v) is 1.32. The van der Waals surface area contributed by atoms with Crippen molar-refractivity contribution in [2.75, 3.05) is 6.54 Å². The lowest BCUT2D eigenvalue weighted by atomic mass is 10.2. The van der Waals surface area contributed by atoms with Gasteiger partial charge in [-0.05, 0) is 37.6 Å². The highest BCUT2D eigenvalue weighted by atomic mass is 19.1. The monoisotopic (exact) mass is 225 g/mol. The Morgan fingerprint density at radius 2 is 2.12 bits per heavy atom. The van der Waals surface area contributed by atoms with Crippen molar-refractivity contribution in [3.63, 3.8) is 0 Å². The molecule has 1 aromatic rings. The molecule has 1 unspecified atom stereocenters. The largest absolute Gasteiger partial charge is 0.488 e. The Balaban J connectivity index is 2.67. The minimum Gasteiger partial charge on any atom is -0.488 e. The number of ether oxygens (including phenoxy) is 1. The Morgan fingerprint density at radius 1 is 1.38 bits per heavy atom. The number of hydrogen-bond acceptors (Lipinski definition) is 2. The van der Waals surface area contributed by atoms with Gasteiger partial charge < -0.3 is 10.1 Å². The minimum absolute atomic E-state index is 0.0501. The molecular formula is C13H20FNO. The first-order chi connectivity index (χ1) is 7.67. The third-order valence-corrected chi connectivity index (χ3v) is 2.48. The summed E-state index contributed by atoms with van der Waals surface area (Å²) in [6.07, 6.45) is 0.924. The molecule has 0 saturated heterocycles. The Kier molecular flexibility index (Phi) is 5.26. The summed E-state index contributed by atoms with van der Waals surface area (Å²) >= 11 is 0. The van der Waals surface area contributed by atoms with E-state index in [1.54, 1.807) is 6.07 Å². The highest BCUT2D eigenvalue weighted by Crippen LogP contribution is 2.20. The predicted molar refractivity (Wildman–Crippen MR) is 64.2 cm³/mol. The average Bonchev–Trinajstić information content (AvgIpc) is 2.29. The van der Waals surface area contributed by atoms with Gasteiger partial charge in [-0.25, -0.2) is 4.39 Å². The first-order valence-electron chi connectivity index (χ1n) is 5.83. The maximum absolute atomic E-state index is 13.6. The van der Waals surface area contributed by atoms with E-state index in [0.29, 0.717) is 12.3 Å². The van der Waals surface area contributed by atoms with Crippen LogP contribution in [0, 0.1) is 5.82 Å². The summed E-state index contributed by atoms with van der Waals surface area (Å²) in [5.74, 6) is 0.0605. The lowest BCUT2D eigenvalue weighted by Crippen LogP contribution is -2.13. The molecule has 0 fully saturated rings. The molecule has 0 heterocycles. The maximum Gasteiger partial charge on any atom is 0.165 e. The van der Waals surface area contributed by atoms with Crippen LogP contribution in [0.2, 0.25) is 0 Å². The number of hydrogen-bond donors (Lipinski definition) is 1. The van der Waals surface area contributed by atoms with E-state index >= 15 is 0 Å². The first-order valence-corrected chi connectivity index (χ1v) is 5.83. The molecule has 1 aromatic carbocycles. The van der Waals surface area contributed by atoms with E-state index < -0.39 is 0 Å². The second-order valence-corrected chi connectivity index (χ2v) is 3.88. The molecule has 1 rings (SSSR count). The van der Waals surface area contributed by atoms with E-state index in [2.05, 4.69) is 5.32 Å². The van der Waals surface area contributed by atoms with Crippen LogP contribution in [0.5, 0.6) is 5.75 Å². The molecule has 90 valence electrons. The molecule has 0 aliphatic heterocycles. The van der Waals surface area contributed by atoms with Crippen molar-refractivity contribution in [3.8, 4) is 5.75 Å². The van der Waals surface area contributed by atoms with E-state index in [-0.39, 0.29) is 11.9 Å². The summed E-state index contributed by atoms with van der Waals surface area (Å²) < 4.78 is 19.1. The molecule has 1 atom stereocenters. The lowest BCUT2D eigenvalue weighted by Gasteiger charge is -2.13. The van der Waals surface area contributed by atoms with Gasteiger partial charge in [-0.15, -0.1) is 0 Å². The summed E-state index contributed by atoms with van der Waals surface area (Å²) in [7, 11) is 0. The summed E-state index contributed by atoms with van der Waals surface area (Å²) in [4.78, 5) is 0. The second kappa shape index (κ2) is 6.48. The van der Waals surface area contributed by atoms with Gasteiger partial charge >= 0.3 is 0 Å². The molecule has 3 heteroatoms. The summed E-state index contributed by atoms with van der Waals surface area (Å²) in [5.41, 5.74) is 0.941. The highest BCUT2D eigenvalue weighted by molar-refractivity contribution is 5.29. The topological polar surface area (TPSA) is 21.3 Å². The smallest absolute Gasteiger partial charge is 0.165 e. The molecule has 0 aliphatic carbocycles. The van der Waals surface area contributed by atoms with Gasteiger partial charge in [-0.2, -0.15) is 0 Å². The standard InChI is InChI=1S/C13H20FNO/c1-4-10(3)16-13-7-6-11(8-12(13)14)9-15-5-2/h6-8,10,15H,4-5,9H2,1-3H3. The number of benzene rings is 1. The van der Waals surface area contributed by atoms with Gasteiger partial charge in [0.15, 0.2) is 11.6 Å². The predicted octanol–water partition coefficient (Wildman–Crippen LogP) is 3.11. The zero-order valence-electron chi connectivity index (χ0n) is 10.2. The molecule has 0 radical (unpaired) electrons. The fraction of sp³-hybridized carbons (Fsp3) is 0.538. The van der Waals surface area contributed by atoms with Crippen molar-refractivity contribution < 1.29 is 9.13 Å². The normalized spacial score (nSPS) is 12.5. The van der Waals surface area contributed by atoms with Crippen LogP contribution in [0.4, 0.5) is 4.39 Å². The van der Waals surface area contributed by atoms with Crippen LogP contribution in [0.25, 0.3) is 0 Å². The van der Waals surface area contributed by atoms with Crippen LogP contribution in [0.1, 0.15) is 32.8 Å². The second-order valence-electron chi connectivity index (χ2n) is 3.88. The van der Waals surface area contributed by atoms with Crippen molar-refractivity contribution in [2.45, 2.75) is 39.8 Å². The molecule has 16 heavy (non-hydrogen) atoms. The zero-order valence-corrected chi connectivity index (χ0v) is 10.2. The maximum atomic E-state index is 13.6. The number of nitrogens with one attached hydrogen (secondary N) is 1. The van der Waals surface area contributed by atoms with E-state index in [4.69, 9.17) is 4.74 Å². The fourth-order valence-electron chi connectivity index (χ4n) is 1.32. The molecule has 2 nitrogen and oxygen atoms in total. The minimum atomic E-state index is -0.282. The molecule has 0 bridgehead atoms.